The summed E-state index contributed by atoms with van der Waals surface area (Å²) in [5.41, 5.74) is 6.05. The van der Waals surface area contributed by atoms with Crippen LogP contribution in [0.3, 0.4) is 0 Å². The Morgan fingerprint density at radius 3 is 2.52 bits per heavy atom. The van der Waals surface area contributed by atoms with E-state index in [1.165, 1.54) is 25.5 Å². The second-order valence-electron chi connectivity index (χ2n) is 6.02. The quantitative estimate of drug-likeness (QED) is 0.872. The number of sulfone groups is 1. The lowest BCUT2D eigenvalue weighted by atomic mass is 9.95. The molecule has 0 radical (unpaired) electrons. The first-order valence-corrected chi connectivity index (χ1v) is 9.58. The van der Waals surface area contributed by atoms with Crippen LogP contribution in [0.15, 0.2) is 4.90 Å². The molecule has 6 nitrogen and oxygen atoms in total. The minimum Gasteiger partial charge on any atom is -0.383 e. The third kappa shape index (κ3) is 3.51. The van der Waals surface area contributed by atoms with Gasteiger partial charge in [-0.1, -0.05) is 26.2 Å². The molecular formula is C14H26N4O2S. The summed E-state index contributed by atoms with van der Waals surface area (Å²) in [4.78, 5) is 0.147. The van der Waals surface area contributed by atoms with Crippen molar-refractivity contribution in [3.8, 4) is 0 Å². The van der Waals surface area contributed by atoms with E-state index in [2.05, 4.69) is 10.4 Å². The van der Waals surface area contributed by atoms with Gasteiger partial charge in [0.25, 0.3) is 0 Å². The minimum absolute atomic E-state index is 0.0763. The van der Waals surface area contributed by atoms with E-state index in [4.69, 9.17) is 5.73 Å². The summed E-state index contributed by atoms with van der Waals surface area (Å²) >= 11 is 0. The number of nitrogens with one attached hydrogen (secondary N) is 1. The van der Waals surface area contributed by atoms with Crippen molar-refractivity contribution < 1.29 is 8.42 Å². The molecule has 7 heteroatoms. The normalized spacial score (nSPS) is 18.6. The molecule has 0 aliphatic heterocycles. The van der Waals surface area contributed by atoms with Crippen molar-refractivity contribution in [1.29, 1.82) is 0 Å². The van der Waals surface area contributed by atoms with Gasteiger partial charge in [0.2, 0.25) is 0 Å². The van der Waals surface area contributed by atoms with Crippen molar-refractivity contribution >= 4 is 21.5 Å². The fraction of sp³-hybridized carbons (Fsp3) is 0.786. The van der Waals surface area contributed by atoms with Crippen LogP contribution < -0.4 is 11.1 Å². The van der Waals surface area contributed by atoms with E-state index in [1.807, 2.05) is 13.8 Å². The number of nitrogen functional groups attached to an aromatic ring is 1. The zero-order valence-corrected chi connectivity index (χ0v) is 13.9. The number of aromatic nitrogens is 2. The van der Waals surface area contributed by atoms with Crippen LogP contribution in [0.25, 0.3) is 0 Å². The maximum atomic E-state index is 12.1. The van der Waals surface area contributed by atoms with Gasteiger partial charge in [0.05, 0.1) is 6.04 Å². The molecule has 1 aromatic rings. The fourth-order valence-electron chi connectivity index (χ4n) is 2.84. The summed E-state index contributed by atoms with van der Waals surface area (Å²) < 4.78 is 25.8. The van der Waals surface area contributed by atoms with Gasteiger partial charge in [0.15, 0.2) is 20.6 Å². The van der Waals surface area contributed by atoms with Gasteiger partial charge < -0.3 is 11.1 Å². The molecule has 1 aliphatic carbocycles. The molecule has 1 fully saturated rings. The van der Waals surface area contributed by atoms with Gasteiger partial charge in [-0.3, -0.25) is 0 Å². The van der Waals surface area contributed by atoms with E-state index in [-0.39, 0.29) is 16.8 Å². The average molecular weight is 314 g/mol. The number of hydrogen-bond donors (Lipinski definition) is 2. The number of anilines is 2. The van der Waals surface area contributed by atoms with Crippen LogP contribution in [-0.4, -0.2) is 30.5 Å². The van der Waals surface area contributed by atoms with Crippen molar-refractivity contribution in [1.82, 2.24) is 9.78 Å². The Kier molecular flexibility index (Phi) is 4.81. The maximum Gasteiger partial charge on any atom is 0.182 e. The van der Waals surface area contributed by atoms with Gasteiger partial charge in [0, 0.05) is 12.3 Å². The van der Waals surface area contributed by atoms with Crippen LogP contribution in [0.4, 0.5) is 11.6 Å². The maximum absolute atomic E-state index is 12.1. The Labute approximate surface area is 127 Å². The van der Waals surface area contributed by atoms with Gasteiger partial charge in [-0.25, -0.2) is 13.1 Å². The molecule has 1 atom stereocenters. The van der Waals surface area contributed by atoms with E-state index in [9.17, 15) is 8.42 Å². The Morgan fingerprint density at radius 1 is 1.38 bits per heavy atom. The van der Waals surface area contributed by atoms with Crippen molar-refractivity contribution in [2.45, 2.75) is 69.4 Å². The summed E-state index contributed by atoms with van der Waals surface area (Å²) in [6, 6.07) is 0.367. The van der Waals surface area contributed by atoms with Crippen LogP contribution in [0.1, 0.15) is 58.4 Å². The molecule has 1 aliphatic rings. The highest BCUT2D eigenvalue weighted by molar-refractivity contribution is 7.91. The van der Waals surface area contributed by atoms with Gasteiger partial charge in [-0.2, -0.15) is 5.10 Å². The predicted molar refractivity (Wildman–Crippen MR) is 85.2 cm³/mol. The second kappa shape index (κ2) is 6.25. The van der Waals surface area contributed by atoms with Crippen LogP contribution in [0.5, 0.6) is 0 Å². The summed E-state index contributed by atoms with van der Waals surface area (Å²) in [7, 11) is -3.41. The summed E-state index contributed by atoms with van der Waals surface area (Å²) in [5.74, 6) is 0.660. The molecule has 0 amide bonds. The SMILES string of the molecule is CCC(C)n1nc(NC2CCCCC2)c(S(C)(=O)=O)c1N. The van der Waals surface area contributed by atoms with Crippen LogP contribution in [0.2, 0.25) is 0 Å². The molecular weight excluding hydrogens is 288 g/mol. The van der Waals surface area contributed by atoms with Gasteiger partial charge in [-0.15, -0.1) is 0 Å². The molecule has 0 saturated heterocycles. The first-order valence-electron chi connectivity index (χ1n) is 7.69. The summed E-state index contributed by atoms with van der Waals surface area (Å²) in [6.07, 6.45) is 7.74. The van der Waals surface area contributed by atoms with Gasteiger partial charge in [0.1, 0.15) is 5.82 Å². The van der Waals surface area contributed by atoms with Crippen molar-refractivity contribution in [3.05, 3.63) is 0 Å². The molecule has 0 spiro atoms. The number of hydrogen-bond acceptors (Lipinski definition) is 5. The summed E-state index contributed by atoms with van der Waals surface area (Å²) in [5, 5.41) is 7.75. The molecule has 1 unspecified atom stereocenters. The molecule has 0 bridgehead atoms. The van der Waals surface area contributed by atoms with Gasteiger partial charge >= 0.3 is 0 Å². The largest absolute Gasteiger partial charge is 0.383 e. The third-order valence-corrected chi connectivity index (χ3v) is 5.37. The lowest BCUT2D eigenvalue weighted by Gasteiger charge is -2.23. The van der Waals surface area contributed by atoms with E-state index in [1.54, 1.807) is 4.68 Å². The van der Waals surface area contributed by atoms with E-state index in [0.29, 0.717) is 11.9 Å². The summed E-state index contributed by atoms with van der Waals surface area (Å²) in [6.45, 7) is 4.01. The van der Waals surface area contributed by atoms with Gasteiger partial charge in [-0.05, 0) is 26.2 Å². The smallest absolute Gasteiger partial charge is 0.182 e. The number of nitrogens with zero attached hydrogens (tertiary/aromatic N) is 2. The molecule has 1 aromatic heterocycles. The number of nitrogens with two attached hydrogens (primary N) is 1. The average Bonchev–Trinajstić information content (AvgIpc) is 2.75. The lowest BCUT2D eigenvalue weighted by Crippen LogP contribution is -2.23. The zero-order chi connectivity index (χ0) is 15.6. The highest BCUT2D eigenvalue weighted by Gasteiger charge is 2.27. The Morgan fingerprint density at radius 2 is 2.00 bits per heavy atom. The molecule has 120 valence electrons. The van der Waals surface area contributed by atoms with E-state index in [0.717, 1.165) is 19.3 Å². The lowest BCUT2D eigenvalue weighted by molar-refractivity contribution is 0.457. The first-order chi connectivity index (χ1) is 9.84. The minimum atomic E-state index is -3.41. The second-order valence-corrected chi connectivity index (χ2v) is 7.97. The predicted octanol–water partition coefficient (Wildman–Crippen LogP) is 2.58. The third-order valence-electron chi connectivity index (χ3n) is 4.23. The molecule has 2 rings (SSSR count). The van der Waals surface area contributed by atoms with E-state index >= 15 is 0 Å². The van der Waals surface area contributed by atoms with Crippen molar-refractivity contribution in [2.24, 2.45) is 0 Å². The molecule has 1 saturated carbocycles. The highest BCUT2D eigenvalue weighted by atomic mass is 32.2. The first kappa shape index (κ1) is 16.1. The van der Waals surface area contributed by atoms with Crippen LogP contribution in [0, 0.1) is 0 Å². The highest BCUT2D eigenvalue weighted by Crippen LogP contribution is 2.32. The fourth-order valence-corrected chi connectivity index (χ4v) is 3.77. The zero-order valence-electron chi connectivity index (χ0n) is 13.1. The molecule has 0 aromatic carbocycles. The number of rotatable bonds is 5. The van der Waals surface area contributed by atoms with Crippen molar-refractivity contribution in [3.63, 3.8) is 0 Å². The van der Waals surface area contributed by atoms with E-state index < -0.39 is 9.84 Å². The van der Waals surface area contributed by atoms with Crippen molar-refractivity contribution in [2.75, 3.05) is 17.3 Å². The Balaban J connectivity index is 2.38. The standard InChI is InChI=1S/C14H26N4O2S/c1-4-10(2)18-13(15)12(21(3,19)20)14(17-18)16-11-8-6-5-7-9-11/h10-11H,4-9,15H2,1-3H3,(H,16,17). The Bertz CT molecular complexity index is 588. The topological polar surface area (TPSA) is 90.0 Å². The monoisotopic (exact) mass is 314 g/mol. The molecule has 3 N–H and O–H groups in total. The Hall–Kier alpha value is -1.24. The molecule has 1 heterocycles. The van der Waals surface area contributed by atoms with Crippen LogP contribution >= 0.6 is 0 Å². The van der Waals surface area contributed by atoms with Crippen LogP contribution in [-0.2, 0) is 9.84 Å². The molecule has 21 heavy (non-hydrogen) atoms.